The second kappa shape index (κ2) is 8.58. The summed E-state index contributed by atoms with van der Waals surface area (Å²) in [6.45, 7) is 0. The summed E-state index contributed by atoms with van der Waals surface area (Å²) in [6, 6.07) is 10.2. The Balaban J connectivity index is 2.08. The number of benzene rings is 2. The summed E-state index contributed by atoms with van der Waals surface area (Å²) in [6.07, 6.45) is 1.51. The van der Waals surface area contributed by atoms with Crippen molar-refractivity contribution in [3.8, 4) is 23.0 Å². The molecule has 7 nitrogen and oxygen atoms in total. The zero-order valence-electron chi connectivity index (χ0n) is 14.5. The molecule has 132 valence electrons. The highest BCUT2D eigenvalue weighted by molar-refractivity contribution is 5.95. The van der Waals surface area contributed by atoms with Gasteiger partial charge in [-0.15, -0.1) is 0 Å². The third kappa shape index (κ3) is 4.41. The summed E-state index contributed by atoms with van der Waals surface area (Å²) in [5, 5.41) is 3.95. The molecule has 0 aliphatic carbocycles. The topological polar surface area (TPSA) is 78.4 Å². The van der Waals surface area contributed by atoms with Gasteiger partial charge in [-0.05, 0) is 42.0 Å². The fourth-order valence-electron chi connectivity index (χ4n) is 2.14. The molecule has 0 atom stereocenters. The van der Waals surface area contributed by atoms with E-state index in [4.69, 9.17) is 18.9 Å². The van der Waals surface area contributed by atoms with Gasteiger partial charge in [0.05, 0.1) is 34.7 Å². The normalized spacial score (nSPS) is 10.4. The number of ether oxygens (including phenoxy) is 4. The van der Waals surface area contributed by atoms with Gasteiger partial charge >= 0.3 is 0 Å². The molecule has 0 saturated heterocycles. The lowest BCUT2D eigenvalue weighted by Crippen LogP contribution is -2.17. The molecule has 2 aromatic rings. The Hall–Kier alpha value is -3.22. The van der Waals surface area contributed by atoms with Crippen LogP contribution in [-0.2, 0) is 0 Å². The molecule has 7 heteroatoms. The van der Waals surface area contributed by atoms with Crippen LogP contribution in [-0.4, -0.2) is 40.6 Å². The second-order valence-corrected chi connectivity index (χ2v) is 4.88. The fourth-order valence-corrected chi connectivity index (χ4v) is 2.14. The maximum atomic E-state index is 12.2. The van der Waals surface area contributed by atoms with Crippen molar-refractivity contribution >= 4 is 12.1 Å². The summed E-state index contributed by atoms with van der Waals surface area (Å²) >= 11 is 0. The van der Waals surface area contributed by atoms with Crippen molar-refractivity contribution in [2.45, 2.75) is 0 Å². The van der Waals surface area contributed by atoms with Gasteiger partial charge in [0.2, 0.25) is 0 Å². The highest BCUT2D eigenvalue weighted by Crippen LogP contribution is 2.28. The Morgan fingerprint density at radius 2 is 1.40 bits per heavy atom. The Morgan fingerprint density at radius 3 is 2.00 bits per heavy atom. The van der Waals surface area contributed by atoms with Gasteiger partial charge in [-0.1, -0.05) is 0 Å². The third-order valence-electron chi connectivity index (χ3n) is 3.43. The van der Waals surface area contributed by atoms with Crippen LogP contribution < -0.4 is 24.4 Å². The van der Waals surface area contributed by atoms with Crippen molar-refractivity contribution in [1.29, 1.82) is 0 Å². The van der Waals surface area contributed by atoms with Crippen LogP contribution in [0.15, 0.2) is 41.5 Å². The average molecular weight is 344 g/mol. The summed E-state index contributed by atoms with van der Waals surface area (Å²) in [7, 11) is 6.16. The van der Waals surface area contributed by atoms with Crippen molar-refractivity contribution in [1.82, 2.24) is 5.43 Å². The number of hydrogen-bond donors (Lipinski definition) is 1. The Kier molecular flexibility index (Phi) is 6.22. The lowest BCUT2D eigenvalue weighted by Gasteiger charge is -2.09. The molecule has 0 fully saturated rings. The Bertz CT molecular complexity index is 774. The molecule has 0 unspecified atom stereocenters. The molecule has 0 aromatic heterocycles. The van der Waals surface area contributed by atoms with Crippen LogP contribution in [0.1, 0.15) is 15.9 Å². The molecule has 1 N–H and O–H groups in total. The number of amides is 1. The Morgan fingerprint density at radius 1 is 0.840 bits per heavy atom. The van der Waals surface area contributed by atoms with Crippen molar-refractivity contribution < 1.29 is 23.7 Å². The molecule has 0 heterocycles. The van der Waals surface area contributed by atoms with E-state index in [9.17, 15) is 4.79 Å². The van der Waals surface area contributed by atoms with E-state index < -0.39 is 0 Å². The van der Waals surface area contributed by atoms with E-state index in [1.807, 2.05) is 0 Å². The maximum Gasteiger partial charge on any atom is 0.271 e. The summed E-state index contributed by atoms with van der Waals surface area (Å²) in [5.41, 5.74) is 3.62. The SMILES string of the molecule is COc1ccc(/C=N\NC(=O)c2ccc(OC)c(OC)c2)cc1OC. The van der Waals surface area contributed by atoms with Crippen LogP contribution in [0.4, 0.5) is 0 Å². The van der Waals surface area contributed by atoms with Gasteiger partial charge in [-0.2, -0.15) is 5.10 Å². The molecular weight excluding hydrogens is 324 g/mol. The lowest BCUT2D eigenvalue weighted by molar-refractivity contribution is 0.0954. The van der Waals surface area contributed by atoms with Gasteiger partial charge in [0.25, 0.3) is 5.91 Å². The van der Waals surface area contributed by atoms with E-state index in [0.717, 1.165) is 5.56 Å². The molecule has 0 aliphatic rings. The van der Waals surface area contributed by atoms with Crippen LogP contribution in [0.2, 0.25) is 0 Å². The van der Waals surface area contributed by atoms with E-state index in [1.54, 1.807) is 50.6 Å². The van der Waals surface area contributed by atoms with Gasteiger partial charge in [-0.25, -0.2) is 5.43 Å². The van der Waals surface area contributed by atoms with E-state index >= 15 is 0 Å². The molecule has 0 radical (unpaired) electrons. The predicted octanol–water partition coefficient (Wildman–Crippen LogP) is 2.48. The number of hydrogen-bond acceptors (Lipinski definition) is 6. The van der Waals surface area contributed by atoms with E-state index in [2.05, 4.69) is 10.5 Å². The largest absolute Gasteiger partial charge is 0.493 e. The standard InChI is InChI=1S/C18H20N2O5/c1-22-14-7-5-12(9-16(14)24-3)11-19-20-18(21)13-6-8-15(23-2)17(10-13)25-4/h5-11H,1-4H3,(H,20,21)/b19-11-. The van der Waals surface area contributed by atoms with E-state index in [-0.39, 0.29) is 5.91 Å². The number of nitrogens with one attached hydrogen (secondary N) is 1. The van der Waals surface area contributed by atoms with Gasteiger partial charge < -0.3 is 18.9 Å². The number of rotatable bonds is 7. The molecular formula is C18H20N2O5. The number of carbonyl (C=O) groups excluding carboxylic acids is 1. The monoisotopic (exact) mass is 344 g/mol. The predicted molar refractivity (Wildman–Crippen MR) is 94.2 cm³/mol. The minimum absolute atomic E-state index is 0.363. The van der Waals surface area contributed by atoms with Gasteiger partial charge in [0, 0.05) is 5.56 Å². The molecule has 0 bridgehead atoms. The first kappa shape index (κ1) is 18.1. The molecule has 1 amide bonds. The second-order valence-electron chi connectivity index (χ2n) is 4.88. The van der Waals surface area contributed by atoms with Crippen LogP contribution in [0, 0.1) is 0 Å². The van der Waals surface area contributed by atoms with E-state index in [1.165, 1.54) is 20.4 Å². The van der Waals surface area contributed by atoms with Crippen LogP contribution >= 0.6 is 0 Å². The molecule has 2 rings (SSSR count). The minimum Gasteiger partial charge on any atom is -0.493 e. The summed E-state index contributed by atoms with van der Waals surface area (Å²) in [4.78, 5) is 12.2. The molecule has 2 aromatic carbocycles. The molecule has 0 spiro atoms. The van der Waals surface area contributed by atoms with Gasteiger partial charge in [0.1, 0.15) is 0 Å². The van der Waals surface area contributed by atoms with Crippen molar-refractivity contribution in [2.75, 3.05) is 28.4 Å². The summed E-state index contributed by atoms with van der Waals surface area (Å²) < 4.78 is 20.7. The first-order valence-electron chi connectivity index (χ1n) is 7.40. The lowest BCUT2D eigenvalue weighted by atomic mass is 10.2. The van der Waals surface area contributed by atoms with Gasteiger partial charge in [0.15, 0.2) is 23.0 Å². The van der Waals surface area contributed by atoms with Crippen molar-refractivity contribution in [3.05, 3.63) is 47.5 Å². The summed E-state index contributed by atoms with van der Waals surface area (Å²) in [5.74, 6) is 1.86. The number of carbonyl (C=O) groups is 1. The van der Waals surface area contributed by atoms with Crippen LogP contribution in [0.5, 0.6) is 23.0 Å². The number of methoxy groups -OCH3 is 4. The number of hydrazone groups is 1. The Labute approximate surface area is 146 Å². The minimum atomic E-state index is -0.363. The quantitative estimate of drug-likeness (QED) is 0.617. The van der Waals surface area contributed by atoms with Crippen LogP contribution in [0.25, 0.3) is 0 Å². The first-order valence-corrected chi connectivity index (χ1v) is 7.40. The number of nitrogens with zero attached hydrogens (tertiary/aromatic N) is 1. The fraction of sp³-hybridized carbons (Fsp3) is 0.222. The van der Waals surface area contributed by atoms with E-state index in [0.29, 0.717) is 28.6 Å². The zero-order valence-corrected chi connectivity index (χ0v) is 14.5. The smallest absolute Gasteiger partial charge is 0.271 e. The molecule has 0 aliphatic heterocycles. The van der Waals surface area contributed by atoms with Crippen molar-refractivity contribution in [3.63, 3.8) is 0 Å². The zero-order chi connectivity index (χ0) is 18.2. The maximum absolute atomic E-state index is 12.2. The van der Waals surface area contributed by atoms with Gasteiger partial charge in [-0.3, -0.25) is 4.79 Å². The highest BCUT2D eigenvalue weighted by atomic mass is 16.5. The molecule has 25 heavy (non-hydrogen) atoms. The van der Waals surface area contributed by atoms with Crippen LogP contribution in [0.3, 0.4) is 0 Å². The van der Waals surface area contributed by atoms with Crippen molar-refractivity contribution in [2.24, 2.45) is 5.10 Å². The highest BCUT2D eigenvalue weighted by Gasteiger charge is 2.10. The average Bonchev–Trinajstić information content (AvgIpc) is 2.66. The first-order chi connectivity index (χ1) is 12.1. The third-order valence-corrected chi connectivity index (χ3v) is 3.43. The molecule has 0 saturated carbocycles.